The van der Waals surface area contributed by atoms with Crippen LogP contribution in [-0.2, 0) is 4.79 Å². The van der Waals surface area contributed by atoms with Crippen LogP contribution in [0.4, 0.5) is 0 Å². The lowest BCUT2D eigenvalue weighted by molar-refractivity contribution is -0.114. The first kappa shape index (κ1) is 7.33. The molecule has 0 amide bonds. The molecule has 1 atom stereocenters. The molecule has 0 saturated heterocycles. The highest BCUT2D eigenvalue weighted by atomic mass is 16.1. The molecule has 2 fully saturated rings. The molecule has 2 aliphatic carbocycles. The Balaban J connectivity index is 1.97. The Kier molecular flexibility index (Phi) is 1.74. The average Bonchev–Trinajstić information content (AvgIpc) is 2.02. The highest BCUT2D eigenvalue weighted by molar-refractivity contribution is 5.53. The van der Waals surface area contributed by atoms with Gasteiger partial charge in [0.15, 0.2) is 0 Å². The van der Waals surface area contributed by atoms with E-state index in [1.165, 1.54) is 44.8 Å². The van der Waals surface area contributed by atoms with Crippen molar-refractivity contribution in [2.75, 3.05) is 0 Å². The summed E-state index contributed by atoms with van der Waals surface area (Å²) in [6.45, 7) is 0. The molecule has 1 heteroatoms. The van der Waals surface area contributed by atoms with Crippen molar-refractivity contribution in [3.63, 3.8) is 0 Å². The van der Waals surface area contributed by atoms with Gasteiger partial charge in [-0.25, -0.2) is 0 Å². The summed E-state index contributed by atoms with van der Waals surface area (Å²) in [6, 6.07) is 0. The minimum atomic E-state index is 0.407. The highest BCUT2D eigenvalue weighted by Crippen LogP contribution is 2.52. The van der Waals surface area contributed by atoms with E-state index in [0.29, 0.717) is 11.3 Å². The van der Waals surface area contributed by atoms with Gasteiger partial charge in [-0.2, -0.15) is 0 Å². The maximum Gasteiger partial charge on any atom is 0.123 e. The summed E-state index contributed by atoms with van der Waals surface area (Å²) in [5.41, 5.74) is 0.643. The lowest BCUT2D eigenvalue weighted by Crippen LogP contribution is -2.35. The molecule has 1 spiro atoms. The van der Waals surface area contributed by atoms with Crippen LogP contribution in [0.5, 0.6) is 0 Å². The Morgan fingerprint density at radius 1 is 1.18 bits per heavy atom. The van der Waals surface area contributed by atoms with Gasteiger partial charge >= 0.3 is 0 Å². The largest absolute Gasteiger partial charge is 0.303 e. The van der Waals surface area contributed by atoms with Crippen LogP contribution < -0.4 is 0 Å². The van der Waals surface area contributed by atoms with Crippen LogP contribution in [0, 0.1) is 11.3 Å². The second-order valence-corrected chi connectivity index (χ2v) is 4.35. The van der Waals surface area contributed by atoms with Crippen molar-refractivity contribution in [1.29, 1.82) is 0 Å². The Labute approximate surface area is 68.2 Å². The fraction of sp³-hybridized carbons (Fsp3) is 0.900. The van der Waals surface area contributed by atoms with E-state index in [1.807, 2.05) is 0 Å². The Morgan fingerprint density at radius 3 is 2.45 bits per heavy atom. The molecule has 0 aromatic heterocycles. The summed E-state index contributed by atoms with van der Waals surface area (Å²) in [7, 11) is 0. The number of hydrogen-bond donors (Lipinski definition) is 0. The van der Waals surface area contributed by atoms with Gasteiger partial charge in [0, 0.05) is 5.92 Å². The van der Waals surface area contributed by atoms with Crippen LogP contribution in [0.1, 0.15) is 44.9 Å². The van der Waals surface area contributed by atoms with Crippen LogP contribution >= 0.6 is 0 Å². The van der Waals surface area contributed by atoms with Gasteiger partial charge in [-0.3, -0.25) is 0 Å². The maximum atomic E-state index is 10.6. The predicted molar refractivity (Wildman–Crippen MR) is 44.3 cm³/mol. The first-order chi connectivity index (χ1) is 5.35. The molecule has 2 aliphatic rings. The van der Waals surface area contributed by atoms with Crippen LogP contribution in [0.25, 0.3) is 0 Å². The van der Waals surface area contributed by atoms with E-state index < -0.39 is 0 Å². The van der Waals surface area contributed by atoms with Gasteiger partial charge in [-0.05, 0) is 37.5 Å². The van der Waals surface area contributed by atoms with Crippen molar-refractivity contribution >= 4 is 6.29 Å². The molecule has 0 N–H and O–H groups in total. The van der Waals surface area contributed by atoms with E-state index in [2.05, 4.69) is 0 Å². The Bertz CT molecular complexity index is 158. The molecule has 0 heterocycles. The first-order valence-electron chi connectivity index (χ1n) is 4.80. The van der Waals surface area contributed by atoms with E-state index in [9.17, 15) is 4.79 Å². The molecule has 1 unspecified atom stereocenters. The molecule has 2 saturated carbocycles. The minimum Gasteiger partial charge on any atom is -0.303 e. The molecule has 62 valence electrons. The van der Waals surface area contributed by atoms with Crippen molar-refractivity contribution in [2.45, 2.75) is 44.9 Å². The lowest BCUT2D eigenvalue weighted by atomic mass is 9.59. The number of hydrogen-bond acceptors (Lipinski definition) is 1. The molecule has 0 aromatic carbocycles. The van der Waals surface area contributed by atoms with Gasteiger partial charge in [0.05, 0.1) is 0 Å². The standard InChI is InChI=1S/C10H16O/c11-8-9-3-1-4-10(7-9)5-2-6-10/h8-9H,1-7H2. The van der Waals surface area contributed by atoms with Crippen molar-refractivity contribution in [3.05, 3.63) is 0 Å². The molecule has 0 aromatic rings. The summed E-state index contributed by atoms with van der Waals surface area (Å²) >= 11 is 0. The van der Waals surface area contributed by atoms with Crippen LogP contribution in [-0.4, -0.2) is 6.29 Å². The normalized spacial score (nSPS) is 34.7. The van der Waals surface area contributed by atoms with Gasteiger partial charge in [-0.15, -0.1) is 0 Å². The molecular formula is C10H16O. The van der Waals surface area contributed by atoms with Crippen LogP contribution in [0.2, 0.25) is 0 Å². The smallest absolute Gasteiger partial charge is 0.123 e. The topological polar surface area (TPSA) is 17.1 Å². The van der Waals surface area contributed by atoms with E-state index >= 15 is 0 Å². The van der Waals surface area contributed by atoms with Crippen molar-refractivity contribution in [1.82, 2.24) is 0 Å². The second-order valence-electron chi connectivity index (χ2n) is 4.35. The molecule has 0 bridgehead atoms. The van der Waals surface area contributed by atoms with Gasteiger partial charge in [0.2, 0.25) is 0 Å². The first-order valence-corrected chi connectivity index (χ1v) is 4.80. The van der Waals surface area contributed by atoms with E-state index in [0.717, 1.165) is 6.42 Å². The van der Waals surface area contributed by atoms with Gasteiger partial charge in [0.25, 0.3) is 0 Å². The number of carbonyl (C=O) groups is 1. The van der Waals surface area contributed by atoms with Gasteiger partial charge in [0.1, 0.15) is 6.29 Å². The van der Waals surface area contributed by atoms with Crippen molar-refractivity contribution in [3.8, 4) is 0 Å². The molecular weight excluding hydrogens is 136 g/mol. The third-order valence-corrected chi connectivity index (χ3v) is 3.58. The fourth-order valence-electron chi connectivity index (χ4n) is 2.75. The van der Waals surface area contributed by atoms with Crippen molar-refractivity contribution < 1.29 is 4.79 Å². The molecule has 0 radical (unpaired) electrons. The zero-order valence-electron chi connectivity index (χ0n) is 7.01. The zero-order valence-corrected chi connectivity index (χ0v) is 7.01. The monoisotopic (exact) mass is 152 g/mol. The number of aldehydes is 1. The molecule has 11 heavy (non-hydrogen) atoms. The maximum absolute atomic E-state index is 10.6. The van der Waals surface area contributed by atoms with Crippen molar-refractivity contribution in [2.24, 2.45) is 11.3 Å². The molecule has 1 nitrogen and oxygen atoms in total. The number of rotatable bonds is 1. The van der Waals surface area contributed by atoms with E-state index in [-0.39, 0.29) is 0 Å². The molecule has 0 aliphatic heterocycles. The van der Waals surface area contributed by atoms with Crippen LogP contribution in [0.15, 0.2) is 0 Å². The predicted octanol–water partition coefficient (Wildman–Crippen LogP) is 2.55. The summed E-state index contributed by atoms with van der Waals surface area (Å²) in [5, 5.41) is 0. The second kappa shape index (κ2) is 2.62. The summed E-state index contributed by atoms with van der Waals surface area (Å²) in [6.07, 6.45) is 10.4. The fourth-order valence-corrected chi connectivity index (χ4v) is 2.75. The third-order valence-electron chi connectivity index (χ3n) is 3.58. The van der Waals surface area contributed by atoms with Gasteiger partial charge in [-0.1, -0.05) is 12.8 Å². The van der Waals surface area contributed by atoms with Gasteiger partial charge < -0.3 is 4.79 Å². The number of carbonyl (C=O) groups excluding carboxylic acids is 1. The van der Waals surface area contributed by atoms with E-state index in [4.69, 9.17) is 0 Å². The van der Waals surface area contributed by atoms with E-state index in [1.54, 1.807) is 0 Å². The quantitative estimate of drug-likeness (QED) is 0.528. The highest BCUT2D eigenvalue weighted by Gasteiger charge is 2.40. The Hall–Kier alpha value is -0.330. The average molecular weight is 152 g/mol. The lowest BCUT2D eigenvalue weighted by Gasteiger charge is -2.46. The van der Waals surface area contributed by atoms with Crippen LogP contribution in [0.3, 0.4) is 0 Å². The zero-order chi connectivity index (χ0) is 7.73. The third kappa shape index (κ3) is 1.21. The summed E-state index contributed by atoms with van der Waals surface area (Å²) in [5.74, 6) is 0.407. The summed E-state index contributed by atoms with van der Waals surface area (Å²) in [4.78, 5) is 10.6. The SMILES string of the molecule is O=CC1CCCC2(CCC2)C1. The molecule has 2 rings (SSSR count). The summed E-state index contributed by atoms with van der Waals surface area (Å²) < 4.78 is 0. The minimum absolute atomic E-state index is 0.407. The Morgan fingerprint density at radius 2 is 1.91 bits per heavy atom.